The van der Waals surface area contributed by atoms with Crippen LogP contribution in [0.3, 0.4) is 0 Å². The molecule has 0 spiro atoms. The van der Waals surface area contributed by atoms with Crippen LogP contribution in [-0.2, 0) is 14.8 Å². The van der Waals surface area contributed by atoms with Crippen LogP contribution in [0.15, 0.2) is 35.2 Å². The number of nitrogens with one attached hydrogen (secondary N) is 1. The Hall–Kier alpha value is -0.910. The average molecular weight is 269 g/mol. The number of ether oxygens (including phenoxy) is 1. The second-order valence-electron chi connectivity index (χ2n) is 4.60. The summed E-state index contributed by atoms with van der Waals surface area (Å²) in [5, 5.41) is 0. The van der Waals surface area contributed by atoms with E-state index in [4.69, 9.17) is 4.74 Å². The Morgan fingerprint density at radius 3 is 2.50 bits per heavy atom. The molecule has 1 fully saturated rings. The molecule has 1 saturated carbocycles. The zero-order chi connectivity index (χ0) is 13.0. The summed E-state index contributed by atoms with van der Waals surface area (Å²) < 4.78 is 32.5. The molecule has 0 aromatic heterocycles. The van der Waals surface area contributed by atoms with E-state index in [-0.39, 0.29) is 12.1 Å². The molecule has 5 heteroatoms. The van der Waals surface area contributed by atoms with Crippen LogP contribution in [0.5, 0.6) is 0 Å². The van der Waals surface area contributed by atoms with Gasteiger partial charge in [-0.1, -0.05) is 31.0 Å². The van der Waals surface area contributed by atoms with Crippen molar-refractivity contribution in [1.29, 1.82) is 0 Å². The fourth-order valence-corrected chi connectivity index (χ4v) is 3.70. The van der Waals surface area contributed by atoms with Crippen molar-refractivity contribution in [3.8, 4) is 0 Å². The van der Waals surface area contributed by atoms with Gasteiger partial charge in [0.25, 0.3) is 0 Å². The highest BCUT2D eigenvalue weighted by Gasteiger charge is 2.29. The Morgan fingerprint density at radius 1 is 1.17 bits per heavy atom. The van der Waals surface area contributed by atoms with E-state index in [0.29, 0.717) is 4.90 Å². The SMILES string of the molecule is COC1CCCCC1NS(=O)(=O)c1ccccc1. The predicted molar refractivity (Wildman–Crippen MR) is 69.8 cm³/mol. The smallest absolute Gasteiger partial charge is 0.240 e. The van der Waals surface area contributed by atoms with Crippen molar-refractivity contribution in [2.45, 2.75) is 42.7 Å². The predicted octanol–water partition coefficient (Wildman–Crippen LogP) is 1.92. The molecule has 2 rings (SSSR count). The fourth-order valence-electron chi connectivity index (χ4n) is 2.38. The lowest BCUT2D eigenvalue weighted by Gasteiger charge is -2.30. The van der Waals surface area contributed by atoms with Crippen LogP contribution in [0, 0.1) is 0 Å². The minimum absolute atomic E-state index is 0.0164. The molecule has 1 aliphatic rings. The van der Waals surface area contributed by atoms with Gasteiger partial charge in [0.05, 0.1) is 11.0 Å². The number of methoxy groups -OCH3 is 1. The van der Waals surface area contributed by atoms with E-state index < -0.39 is 10.0 Å². The lowest BCUT2D eigenvalue weighted by Crippen LogP contribution is -2.45. The fraction of sp³-hybridized carbons (Fsp3) is 0.538. The highest BCUT2D eigenvalue weighted by Crippen LogP contribution is 2.22. The van der Waals surface area contributed by atoms with Crippen LogP contribution >= 0.6 is 0 Å². The third kappa shape index (κ3) is 3.10. The molecule has 18 heavy (non-hydrogen) atoms. The summed E-state index contributed by atoms with van der Waals surface area (Å²) in [7, 11) is -1.79. The summed E-state index contributed by atoms with van der Waals surface area (Å²) in [5.74, 6) is 0. The molecule has 0 aliphatic heterocycles. The Bertz CT molecular complexity index is 472. The maximum absolute atomic E-state index is 12.2. The van der Waals surface area contributed by atoms with Gasteiger partial charge in [0.2, 0.25) is 10.0 Å². The largest absolute Gasteiger partial charge is 0.380 e. The van der Waals surface area contributed by atoms with Crippen molar-refractivity contribution in [3.05, 3.63) is 30.3 Å². The summed E-state index contributed by atoms with van der Waals surface area (Å²) in [6.07, 6.45) is 3.88. The molecule has 4 nitrogen and oxygen atoms in total. The summed E-state index contributed by atoms with van der Waals surface area (Å²) in [4.78, 5) is 0.311. The normalized spacial score (nSPS) is 24.9. The van der Waals surface area contributed by atoms with Crippen molar-refractivity contribution in [1.82, 2.24) is 4.72 Å². The molecule has 0 bridgehead atoms. The van der Waals surface area contributed by atoms with Gasteiger partial charge in [-0.25, -0.2) is 13.1 Å². The van der Waals surface area contributed by atoms with Crippen LogP contribution in [0.25, 0.3) is 0 Å². The number of rotatable bonds is 4. The number of hydrogen-bond donors (Lipinski definition) is 1. The number of sulfonamides is 1. The third-order valence-electron chi connectivity index (χ3n) is 3.37. The molecule has 100 valence electrons. The van der Waals surface area contributed by atoms with E-state index in [2.05, 4.69) is 4.72 Å². The number of hydrogen-bond acceptors (Lipinski definition) is 3. The van der Waals surface area contributed by atoms with Crippen LogP contribution in [0.2, 0.25) is 0 Å². The van der Waals surface area contributed by atoms with E-state index in [1.165, 1.54) is 0 Å². The molecule has 1 N–H and O–H groups in total. The monoisotopic (exact) mass is 269 g/mol. The molecule has 0 radical (unpaired) electrons. The standard InChI is InChI=1S/C13H19NO3S/c1-17-13-10-6-5-9-12(13)14-18(15,16)11-7-3-2-4-8-11/h2-4,7-8,12-14H,5-6,9-10H2,1H3. The Labute approximate surface area is 108 Å². The van der Waals surface area contributed by atoms with Gasteiger partial charge < -0.3 is 4.74 Å². The summed E-state index contributed by atoms with van der Waals surface area (Å²) in [5.41, 5.74) is 0. The Balaban J connectivity index is 2.12. The van der Waals surface area contributed by atoms with Gasteiger partial charge in [-0.3, -0.25) is 0 Å². The second-order valence-corrected chi connectivity index (χ2v) is 6.31. The molecular weight excluding hydrogens is 250 g/mol. The van der Waals surface area contributed by atoms with E-state index in [9.17, 15) is 8.42 Å². The molecular formula is C13H19NO3S. The van der Waals surface area contributed by atoms with Crippen LogP contribution in [0.4, 0.5) is 0 Å². The number of benzene rings is 1. The Kier molecular flexibility index (Phi) is 4.37. The van der Waals surface area contributed by atoms with Crippen molar-refractivity contribution < 1.29 is 13.2 Å². The van der Waals surface area contributed by atoms with Gasteiger partial charge in [0.1, 0.15) is 0 Å². The molecule has 0 heterocycles. The van der Waals surface area contributed by atoms with Crippen molar-refractivity contribution in [3.63, 3.8) is 0 Å². The van der Waals surface area contributed by atoms with Gasteiger partial charge in [0, 0.05) is 13.2 Å². The zero-order valence-electron chi connectivity index (χ0n) is 10.5. The van der Waals surface area contributed by atoms with Gasteiger partial charge >= 0.3 is 0 Å². The molecule has 1 aromatic rings. The maximum Gasteiger partial charge on any atom is 0.240 e. The minimum Gasteiger partial charge on any atom is -0.380 e. The quantitative estimate of drug-likeness (QED) is 0.908. The molecule has 2 unspecified atom stereocenters. The second kappa shape index (κ2) is 5.82. The first kappa shape index (κ1) is 13.5. The van der Waals surface area contributed by atoms with Crippen LogP contribution in [0.1, 0.15) is 25.7 Å². The van der Waals surface area contributed by atoms with E-state index >= 15 is 0 Å². The zero-order valence-corrected chi connectivity index (χ0v) is 11.3. The molecule has 1 aliphatic carbocycles. The first-order valence-electron chi connectivity index (χ1n) is 6.23. The first-order chi connectivity index (χ1) is 8.63. The van der Waals surface area contributed by atoms with Crippen molar-refractivity contribution in [2.75, 3.05) is 7.11 Å². The van der Waals surface area contributed by atoms with E-state index in [1.54, 1.807) is 37.4 Å². The summed E-state index contributed by atoms with van der Waals surface area (Å²) >= 11 is 0. The average Bonchev–Trinajstić information content (AvgIpc) is 2.40. The highest BCUT2D eigenvalue weighted by molar-refractivity contribution is 7.89. The van der Waals surface area contributed by atoms with Gasteiger partial charge in [-0.05, 0) is 25.0 Å². The summed E-state index contributed by atoms with van der Waals surface area (Å²) in [6, 6.07) is 8.35. The summed E-state index contributed by atoms with van der Waals surface area (Å²) in [6.45, 7) is 0. The maximum atomic E-state index is 12.2. The lowest BCUT2D eigenvalue weighted by atomic mass is 9.93. The third-order valence-corrected chi connectivity index (χ3v) is 4.87. The van der Waals surface area contributed by atoms with Gasteiger partial charge in [-0.15, -0.1) is 0 Å². The first-order valence-corrected chi connectivity index (χ1v) is 7.72. The van der Waals surface area contributed by atoms with Crippen molar-refractivity contribution in [2.24, 2.45) is 0 Å². The minimum atomic E-state index is -3.43. The van der Waals surface area contributed by atoms with Crippen molar-refractivity contribution >= 4 is 10.0 Å². The highest BCUT2D eigenvalue weighted by atomic mass is 32.2. The molecule has 0 saturated heterocycles. The van der Waals surface area contributed by atoms with E-state index in [1.807, 2.05) is 0 Å². The lowest BCUT2D eigenvalue weighted by molar-refractivity contribution is 0.0493. The molecule has 1 aromatic carbocycles. The molecule has 0 amide bonds. The van der Waals surface area contributed by atoms with Crippen LogP contribution < -0.4 is 4.72 Å². The topological polar surface area (TPSA) is 55.4 Å². The Morgan fingerprint density at radius 2 is 1.83 bits per heavy atom. The van der Waals surface area contributed by atoms with Gasteiger partial charge in [-0.2, -0.15) is 0 Å². The van der Waals surface area contributed by atoms with Gasteiger partial charge in [0.15, 0.2) is 0 Å². The van der Waals surface area contributed by atoms with E-state index in [0.717, 1.165) is 25.7 Å². The molecule has 2 atom stereocenters. The van der Waals surface area contributed by atoms with Crippen LogP contribution in [-0.4, -0.2) is 27.7 Å².